The van der Waals surface area contributed by atoms with Gasteiger partial charge in [-0.15, -0.1) is 0 Å². The van der Waals surface area contributed by atoms with E-state index in [0.717, 1.165) is 0 Å². The molecule has 8 heteroatoms. The quantitative estimate of drug-likeness (QED) is 0.682. The lowest BCUT2D eigenvalue weighted by Crippen LogP contribution is -2.41. The summed E-state index contributed by atoms with van der Waals surface area (Å²) in [6, 6.07) is 5.30. The molecule has 0 saturated heterocycles. The molecule has 1 aromatic carbocycles. The predicted molar refractivity (Wildman–Crippen MR) is 72.2 cm³/mol. The largest absolute Gasteiger partial charge is 0.481 e. The summed E-state index contributed by atoms with van der Waals surface area (Å²) in [7, 11) is -4.04. The van der Waals surface area contributed by atoms with Crippen LogP contribution in [0.5, 0.6) is 0 Å². The Morgan fingerprint density at radius 1 is 1.25 bits per heavy atom. The van der Waals surface area contributed by atoms with Crippen molar-refractivity contribution in [1.29, 1.82) is 0 Å². The first-order valence-corrected chi connectivity index (χ1v) is 7.17. The van der Waals surface area contributed by atoms with Gasteiger partial charge in [-0.05, 0) is 24.3 Å². The Bertz CT molecular complexity index is 620. The van der Waals surface area contributed by atoms with E-state index in [4.69, 9.17) is 10.8 Å². The minimum atomic E-state index is -4.04. The van der Waals surface area contributed by atoms with E-state index in [1.54, 1.807) is 0 Å². The van der Waals surface area contributed by atoms with Crippen LogP contribution in [0.15, 0.2) is 29.2 Å². The lowest BCUT2D eigenvalue weighted by molar-refractivity contribution is -0.143. The van der Waals surface area contributed by atoms with Crippen molar-refractivity contribution in [2.45, 2.75) is 25.2 Å². The van der Waals surface area contributed by atoms with Crippen LogP contribution in [0.3, 0.4) is 0 Å². The second kappa shape index (κ2) is 5.49. The summed E-state index contributed by atoms with van der Waals surface area (Å²) >= 11 is 0. The number of carboxylic acid groups (broad SMARTS) is 1. The number of anilines is 1. The lowest BCUT2D eigenvalue weighted by Gasteiger charge is -2.21. The molecule has 110 valence electrons. The third kappa shape index (κ3) is 3.95. The fraction of sp³-hybridized carbons (Fsp3) is 0.333. The molecule has 0 aliphatic heterocycles. The molecular weight excluding hydrogens is 284 g/mol. The average molecular weight is 300 g/mol. The number of nitrogens with one attached hydrogen (secondary N) is 1. The van der Waals surface area contributed by atoms with Gasteiger partial charge in [0.15, 0.2) is 0 Å². The van der Waals surface area contributed by atoms with Gasteiger partial charge < -0.3 is 10.8 Å². The molecule has 0 aliphatic carbocycles. The zero-order valence-corrected chi connectivity index (χ0v) is 11.9. The Balaban J connectivity index is 2.94. The molecule has 1 rings (SSSR count). The molecule has 0 aliphatic rings. The van der Waals surface area contributed by atoms with Crippen LogP contribution in [-0.2, 0) is 19.6 Å². The summed E-state index contributed by atoms with van der Waals surface area (Å²) in [4.78, 5) is 22.4. The summed E-state index contributed by atoms with van der Waals surface area (Å²) < 4.78 is 25.8. The van der Waals surface area contributed by atoms with Crippen LogP contribution in [0.2, 0.25) is 0 Å². The van der Waals surface area contributed by atoms with Crippen LogP contribution in [0, 0.1) is 5.41 Å². The molecule has 0 unspecified atom stereocenters. The van der Waals surface area contributed by atoms with Gasteiger partial charge in [0.2, 0.25) is 5.91 Å². The molecule has 4 N–H and O–H groups in total. The summed E-state index contributed by atoms with van der Waals surface area (Å²) in [6.07, 6.45) is -0.476. The first kappa shape index (κ1) is 16.0. The van der Waals surface area contributed by atoms with Crippen LogP contribution in [-0.4, -0.2) is 25.4 Å². The number of nitrogen functional groups attached to an aromatic ring is 1. The fourth-order valence-corrected chi connectivity index (χ4v) is 2.56. The molecule has 0 atom stereocenters. The van der Waals surface area contributed by atoms with Crippen molar-refractivity contribution in [3.8, 4) is 0 Å². The third-order valence-electron chi connectivity index (χ3n) is 2.63. The molecule has 0 saturated carbocycles. The van der Waals surface area contributed by atoms with Crippen molar-refractivity contribution in [1.82, 2.24) is 4.72 Å². The number of amides is 1. The Morgan fingerprint density at radius 2 is 1.75 bits per heavy atom. The number of carbonyl (C=O) groups excluding carboxylic acids is 1. The maximum absolute atomic E-state index is 12.0. The van der Waals surface area contributed by atoms with Gasteiger partial charge in [0.25, 0.3) is 10.0 Å². The first-order chi connectivity index (χ1) is 9.04. The van der Waals surface area contributed by atoms with E-state index in [1.807, 2.05) is 4.72 Å². The van der Waals surface area contributed by atoms with E-state index in [2.05, 4.69) is 0 Å². The predicted octanol–water partition coefficient (Wildman–Crippen LogP) is 0.575. The Kier molecular flexibility index (Phi) is 4.39. The van der Waals surface area contributed by atoms with Gasteiger partial charge in [-0.1, -0.05) is 13.8 Å². The molecule has 7 nitrogen and oxygen atoms in total. The maximum Gasteiger partial charge on any atom is 0.304 e. The highest BCUT2D eigenvalue weighted by atomic mass is 32.2. The van der Waals surface area contributed by atoms with Crippen molar-refractivity contribution in [2.24, 2.45) is 5.41 Å². The van der Waals surface area contributed by atoms with E-state index in [1.165, 1.54) is 38.1 Å². The van der Waals surface area contributed by atoms with Crippen molar-refractivity contribution < 1.29 is 23.1 Å². The lowest BCUT2D eigenvalue weighted by atomic mass is 9.89. The molecule has 20 heavy (non-hydrogen) atoms. The number of rotatable bonds is 5. The monoisotopic (exact) mass is 300 g/mol. The maximum atomic E-state index is 12.0. The third-order valence-corrected chi connectivity index (χ3v) is 3.97. The van der Waals surface area contributed by atoms with Crippen molar-refractivity contribution in [3.05, 3.63) is 24.3 Å². The first-order valence-electron chi connectivity index (χ1n) is 5.69. The zero-order valence-electron chi connectivity index (χ0n) is 11.1. The van der Waals surface area contributed by atoms with E-state index < -0.39 is 33.7 Å². The van der Waals surface area contributed by atoms with E-state index in [0.29, 0.717) is 5.69 Å². The minimum absolute atomic E-state index is 0.119. The molecule has 0 radical (unpaired) electrons. The summed E-state index contributed by atoms with van der Waals surface area (Å²) in [6.45, 7) is 2.71. The Labute approximate surface area is 116 Å². The number of sulfonamides is 1. The van der Waals surface area contributed by atoms with Gasteiger partial charge >= 0.3 is 5.97 Å². The summed E-state index contributed by atoms with van der Waals surface area (Å²) in [5, 5.41) is 8.70. The number of carbonyl (C=O) groups is 2. The van der Waals surface area contributed by atoms with Gasteiger partial charge in [0.1, 0.15) is 0 Å². The second-order valence-electron chi connectivity index (χ2n) is 4.96. The van der Waals surface area contributed by atoms with E-state index in [-0.39, 0.29) is 4.90 Å². The van der Waals surface area contributed by atoms with Gasteiger partial charge in [-0.2, -0.15) is 0 Å². The van der Waals surface area contributed by atoms with Crippen LogP contribution in [0.4, 0.5) is 5.69 Å². The number of benzene rings is 1. The highest BCUT2D eigenvalue weighted by Crippen LogP contribution is 2.22. The molecular formula is C12H16N2O5S. The summed E-state index contributed by atoms with van der Waals surface area (Å²) in [5.74, 6) is -2.06. The summed E-state index contributed by atoms with van der Waals surface area (Å²) in [5.41, 5.74) is 4.50. The highest BCUT2D eigenvalue weighted by Gasteiger charge is 2.33. The normalized spacial score (nSPS) is 11.9. The number of hydrogen-bond donors (Lipinski definition) is 3. The average Bonchev–Trinajstić information content (AvgIpc) is 2.27. The minimum Gasteiger partial charge on any atom is -0.481 e. The van der Waals surface area contributed by atoms with Gasteiger partial charge in [0, 0.05) is 5.69 Å². The highest BCUT2D eigenvalue weighted by molar-refractivity contribution is 7.90. The zero-order chi connectivity index (χ0) is 15.6. The molecule has 1 amide bonds. The molecule has 0 fully saturated rings. The van der Waals surface area contributed by atoms with Crippen LogP contribution >= 0.6 is 0 Å². The van der Waals surface area contributed by atoms with Crippen LogP contribution < -0.4 is 10.5 Å². The van der Waals surface area contributed by atoms with Gasteiger partial charge in [-0.3, -0.25) is 9.59 Å². The Morgan fingerprint density at radius 3 is 2.20 bits per heavy atom. The number of aliphatic carboxylic acids is 1. The topological polar surface area (TPSA) is 127 Å². The van der Waals surface area contributed by atoms with E-state index >= 15 is 0 Å². The molecule has 0 aromatic heterocycles. The van der Waals surface area contributed by atoms with Crippen molar-refractivity contribution >= 4 is 27.6 Å². The molecule has 0 heterocycles. The number of carboxylic acids is 1. The van der Waals surface area contributed by atoms with Crippen LogP contribution in [0.1, 0.15) is 20.3 Å². The van der Waals surface area contributed by atoms with Gasteiger partial charge in [-0.25, -0.2) is 13.1 Å². The fourth-order valence-electron chi connectivity index (χ4n) is 1.42. The number of hydrogen-bond acceptors (Lipinski definition) is 5. The molecule has 1 aromatic rings. The molecule has 0 spiro atoms. The van der Waals surface area contributed by atoms with Crippen LogP contribution in [0.25, 0.3) is 0 Å². The van der Waals surface area contributed by atoms with Gasteiger partial charge in [0.05, 0.1) is 16.7 Å². The molecule has 0 bridgehead atoms. The number of nitrogens with two attached hydrogens (primary N) is 1. The smallest absolute Gasteiger partial charge is 0.304 e. The van der Waals surface area contributed by atoms with E-state index in [9.17, 15) is 18.0 Å². The standard InChI is InChI=1S/C12H16N2O5S/c1-12(2,7-10(15)16)11(17)14-20(18,19)9-5-3-8(13)4-6-9/h3-6H,7,13H2,1-2H3,(H,14,17)(H,15,16). The SMILES string of the molecule is CC(C)(CC(=O)O)C(=O)NS(=O)(=O)c1ccc(N)cc1. The second-order valence-corrected chi connectivity index (χ2v) is 6.64. The Hall–Kier alpha value is -2.09. The van der Waals surface area contributed by atoms with Crippen molar-refractivity contribution in [3.63, 3.8) is 0 Å². The van der Waals surface area contributed by atoms with Crippen molar-refractivity contribution in [2.75, 3.05) is 5.73 Å².